The van der Waals surface area contributed by atoms with E-state index in [0.717, 1.165) is 33.4 Å². The maximum absolute atomic E-state index is 12.3. The van der Waals surface area contributed by atoms with E-state index in [1.807, 2.05) is 66.7 Å². The monoisotopic (exact) mass is 482 g/mol. The van der Waals surface area contributed by atoms with Crippen molar-refractivity contribution in [2.45, 2.75) is 57.3 Å². The van der Waals surface area contributed by atoms with Crippen molar-refractivity contribution in [3.05, 3.63) is 112 Å². The highest BCUT2D eigenvalue weighted by Crippen LogP contribution is 2.55. The minimum Gasteiger partial charge on any atom is -0.481 e. The van der Waals surface area contributed by atoms with Crippen molar-refractivity contribution in [1.82, 2.24) is 0 Å². The van der Waals surface area contributed by atoms with Gasteiger partial charge in [0.1, 0.15) is 0 Å². The largest absolute Gasteiger partial charge is 0.481 e. The van der Waals surface area contributed by atoms with Crippen LogP contribution in [-0.4, -0.2) is 22.2 Å². The Kier molecular flexibility index (Phi) is 7.16. The van der Waals surface area contributed by atoms with Gasteiger partial charge in [-0.25, -0.2) is 0 Å². The third kappa shape index (κ3) is 5.13. The van der Waals surface area contributed by atoms with Gasteiger partial charge in [-0.15, -0.1) is 0 Å². The van der Waals surface area contributed by atoms with Crippen LogP contribution in [0.3, 0.4) is 0 Å². The van der Waals surface area contributed by atoms with Crippen LogP contribution in [0.1, 0.15) is 61.4 Å². The summed E-state index contributed by atoms with van der Waals surface area (Å²) in [6, 6.07) is 26.2. The van der Waals surface area contributed by atoms with E-state index in [4.69, 9.17) is 0 Å². The molecular formula is C32H34O4. The average molecular weight is 483 g/mol. The molecule has 4 nitrogen and oxygen atoms in total. The normalized spacial score (nSPS) is 17.8. The first-order valence-corrected chi connectivity index (χ1v) is 12.5. The molecule has 2 unspecified atom stereocenters. The lowest BCUT2D eigenvalue weighted by Crippen LogP contribution is -2.42. The zero-order valence-electron chi connectivity index (χ0n) is 21.2. The molecule has 4 rings (SSSR count). The molecule has 0 aliphatic heterocycles. The summed E-state index contributed by atoms with van der Waals surface area (Å²) in [7, 11) is 0. The third-order valence-corrected chi connectivity index (χ3v) is 7.36. The van der Waals surface area contributed by atoms with E-state index >= 15 is 0 Å². The summed E-state index contributed by atoms with van der Waals surface area (Å²) in [5.74, 6) is -2.12. The quantitative estimate of drug-likeness (QED) is 0.357. The Bertz CT molecular complexity index is 1270. The Balaban J connectivity index is 2.04. The summed E-state index contributed by atoms with van der Waals surface area (Å²) in [4.78, 5) is 24.5. The lowest BCUT2D eigenvalue weighted by Gasteiger charge is -2.44. The van der Waals surface area contributed by atoms with Crippen LogP contribution in [0.5, 0.6) is 0 Å². The number of benzene rings is 3. The fourth-order valence-electron chi connectivity index (χ4n) is 5.92. The predicted octanol–water partition coefficient (Wildman–Crippen LogP) is 6.67. The van der Waals surface area contributed by atoms with E-state index in [1.165, 1.54) is 0 Å². The van der Waals surface area contributed by atoms with Crippen LogP contribution in [0.15, 0.2) is 84.4 Å². The Labute approximate surface area is 213 Å². The van der Waals surface area contributed by atoms with E-state index in [2.05, 4.69) is 39.0 Å². The van der Waals surface area contributed by atoms with Gasteiger partial charge < -0.3 is 10.2 Å². The van der Waals surface area contributed by atoms with Crippen molar-refractivity contribution in [2.75, 3.05) is 0 Å². The zero-order valence-corrected chi connectivity index (χ0v) is 21.2. The molecule has 4 heteroatoms. The van der Waals surface area contributed by atoms with Gasteiger partial charge in [-0.1, -0.05) is 106 Å². The number of carboxylic acid groups (broad SMARTS) is 2. The first-order valence-electron chi connectivity index (χ1n) is 12.5. The maximum atomic E-state index is 12.3. The summed E-state index contributed by atoms with van der Waals surface area (Å²) in [5, 5.41) is 20.1. The molecule has 2 atom stereocenters. The van der Waals surface area contributed by atoms with Gasteiger partial charge in [-0.05, 0) is 57.6 Å². The number of hydrogen-bond acceptors (Lipinski definition) is 2. The van der Waals surface area contributed by atoms with Gasteiger partial charge in [-0.2, -0.15) is 0 Å². The summed E-state index contributed by atoms with van der Waals surface area (Å²) in [5.41, 5.74) is 5.14. The van der Waals surface area contributed by atoms with E-state index in [9.17, 15) is 19.8 Å². The first kappa shape index (κ1) is 25.4. The highest BCUT2D eigenvalue weighted by Gasteiger charge is 2.50. The molecule has 3 aromatic rings. The van der Waals surface area contributed by atoms with Crippen LogP contribution in [0.4, 0.5) is 0 Å². The van der Waals surface area contributed by atoms with Crippen LogP contribution in [-0.2, 0) is 33.3 Å². The van der Waals surface area contributed by atoms with Gasteiger partial charge in [-0.3, -0.25) is 9.59 Å². The van der Waals surface area contributed by atoms with Crippen molar-refractivity contribution in [3.8, 4) is 0 Å². The number of carbonyl (C=O) groups is 2. The molecule has 0 radical (unpaired) electrons. The Morgan fingerprint density at radius 2 is 1.42 bits per heavy atom. The van der Waals surface area contributed by atoms with Crippen LogP contribution >= 0.6 is 0 Å². The van der Waals surface area contributed by atoms with Gasteiger partial charge in [0.2, 0.25) is 0 Å². The molecule has 1 aliphatic carbocycles. The molecule has 0 saturated carbocycles. The molecule has 0 amide bonds. The van der Waals surface area contributed by atoms with E-state index < -0.39 is 17.4 Å². The molecule has 0 heterocycles. The molecular weight excluding hydrogens is 448 g/mol. The maximum Gasteiger partial charge on any atom is 0.307 e. The molecule has 0 bridgehead atoms. The van der Waals surface area contributed by atoms with Crippen molar-refractivity contribution < 1.29 is 19.8 Å². The third-order valence-electron chi connectivity index (χ3n) is 7.36. The fourth-order valence-corrected chi connectivity index (χ4v) is 5.92. The number of rotatable bonds is 9. The Hall–Kier alpha value is -3.66. The molecule has 3 aromatic carbocycles. The van der Waals surface area contributed by atoms with Gasteiger partial charge in [0, 0.05) is 11.8 Å². The van der Waals surface area contributed by atoms with E-state index in [0.29, 0.717) is 12.8 Å². The van der Waals surface area contributed by atoms with Crippen molar-refractivity contribution >= 4 is 18.0 Å². The van der Waals surface area contributed by atoms with Crippen molar-refractivity contribution in [1.29, 1.82) is 0 Å². The minimum atomic E-state index is -0.905. The van der Waals surface area contributed by atoms with Gasteiger partial charge in [0.15, 0.2) is 0 Å². The molecule has 2 N–H and O–H groups in total. The average Bonchev–Trinajstić information content (AvgIpc) is 3.12. The van der Waals surface area contributed by atoms with Gasteiger partial charge >= 0.3 is 11.9 Å². The van der Waals surface area contributed by atoms with Crippen molar-refractivity contribution in [3.63, 3.8) is 0 Å². The second kappa shape index (κ2) is 10.1. The van der Waals surface area contributed by atoms with Crippen LogP contribution in [0.2, 0.25) is 0 Å². The van der Waals surface area contributed by atoms with Gasteiger partial charge in [0.25, 0.3) is 0 Å². The first-order chi connectivity index (χ1) is 17.1. The fraction of sp³-hybridized carbons (Fsp3) is 0.312. The highest BCUT2D eigenvalue weighted by molar-refractivity contribution is 5.81. The van der Waals surface area contributed by atoms with Crippen LogP contribution in [0.25, 0.3) is 6.08 Å². The summed E-state index contributed by atoms with van der Waals surface area (Å²) in [6.07, 6.45) is 2.90. The molecule has 0 aromatic heterocycles. The molecule has 186 valence electrons. The Morgan fingerprint density at radius 3 is 1.97 bits per heavy atom. The minimum absolute atomic E-state index is 0.0589. The number of hydrogen-bond donors (Lipinski definition) is 2. The second-order valence-corrected chi connectivity index (χ2v) is 10.9. The molecule has 1 aliphatic rings. The van der Waals surface area contributed by atoms with Gasteiger partial charge in [0.05, 0.1) is 6.42 Å². The highest BCUT2D eigenvalue weighted by atomic mass is 16.4. The smallest absolute Gasteiger partial charge is 0.307 e. The molecule has 0 saturated heterocycles. The van der Waals surface area contributed by atoms with E-state index in [-0.39, 0.29) is 24.2 Å². The summed E-state index contributed by atoms with van der Waals surface area (Å²) < 4.78 is 0. The SMILES string of the molecule is CC(C)(C)c1cccc2c1C(Cc1ccccc1)(C(CC(=O)O)Cc1ccccc1)C(CC(=O)O)=C2. The molecule has 0 spiro atoms. The lowest BCUT2D eigenvalue weighted by atomic mass is 9.59. The van der Waals surface area contributed by atoms with Crippen LogP contribution in [0, 0.1) is 5.92 Å². The molecule has 36 heavy (non-hydrogen) atoms. The summed E-state index contributed by atoms with van der Waals surface area (Å²) >= 11 is 0. The predicted molar refractivity (Wildman–Crippen MR) is 143 cm³/mol. The van der Waals surface area contributed by atoms with Crippen LogP contribution < -0.4 is 0 Å². The lowest BCUT2D eigenvalue weighted by molar-refractivity contribution is -0.138. The Morgan fingerprint density at radius 1 is 0.806 bits per heavy atom. The number of carboxylic acids is 2. The number of fused-ring (bicyclic) bond motifs is 1. The molecule has 0 fully saturated rings. The second-order valence-electron chi connectivity index (χ2n) is 10.9. The van der Waals surface area contributed by atoms with Crippen molar-refractivity contribution in [2.24, 2.45) is 5.92 Å². The van der Waals surface area contributed by atoms with E-state index in [1.54, 1.807) is 0 Å². The standard InChI is InChI=1S/C32H34O4/c1-31(2,3)27-16-10-15-24-18-26(20-29(35)36)32(30(24)27,21-23-13-8-5-9-14-23)25(19-28(33)34)17-22-11-6-4-7-12-22/h4-16,18,25H,17,19-21H2,1-3H3,(H,33,34)(H,35,36). The summed E-state index contributed by atoms with van der Waals surface area (Å²) in [6.45, 7) is 6.48. The number of aliphatic carboxylic acids is 2. The topological polar surface area (TPSA) is 74.6 Å². The zero-order chi connectivity index (χ0) is 25.9.